The molecule has 1 aliphatic rings. The van der Waals surface area contributed by atoms with Crippen molar-refractivity contribution in [1.29, 1.82) is 0 Å². The molecule has 0 radical (unpaired) electrons. The second kappa shape index (κ2) is 7.09. The number of hydrogen-bond donors (Lipinski definition) is 2. The maximum atomic E-state index is 9.53. The number of nitrogens with one attached hydrogen (secondary N) is 1. The Morgan fingerprint density at radius 1 is 1.14 bits per heavy atom. The van der Waals surface area contributed by atoms with Gasteiger partial charge in [0.15, 0.2) is 0 Å². The second-order valence-corrected chi connectivity index (χ2v) is 5.72. The highest BCUT2D eigenvalue weighted by Gasteiger charge is 2.23. The summed E-state index contributed by atoms with van der Waals surface area (Å²) in [6.45, 7) is 4.26. The second-order valence-electron chi connectivity index (χ2n) is 5.72. The van der Waals surface area contributed by atoms with E-state index in [1.165, 1.54) is 10.9 Å². The highest BCUT2D eigenvalue weighted by molar-refractivity contribution is 5.91. The van der Waals surface area contributed by atoms with Crippen LogP contribution in [-0.2, 0) is 0 Å². The monoisotopic (exact) mass is 300 g/mol. The Kier molecular flexibility index (Phi) is 4.93. The van der Waals surface area contributed by atoms with Gasteiger partial charge in [0.05, 0.1) is 7.11 Å². The first-order valence-corrected chi connectivity index (χ1v) is 7.96. The number of aliphatic hydroxyl groups excluding tert-OH is 1. The van der Waals surface area contributed by atoms with Gasteiger partial charge in [0.1, 0.15) is 5.75 Å². The first-order chi connectivity index (χ1) is 10.8. The Hall–Kier alpha value is -1.62. The number of aliphatic hydroxyl groups is 1. The molecule has 4 heteroatoms. The molecule has 1 heterocycles. The van der Waals surface area contributed by atoms with Crippen molar-refractivity contribution < 1.29 is 9.84 Å². The van der Waals surface area contributed by atoms with Crippen LogP contribution in [0.4, 0.5) is 0 Å². The van der Waals surface area contributed by atoms with Gasteiger partial charge in [0.25, 0.3) is 0 Å². The van der Waals surface area contributed by atoms with E-state index in [2.05, 4.69) is 34.5 Å². The molecule has 118 valence electrons. The van der Waals surface area contributed by atoms with Crippen LogP contribution in [0.1, 0.15) is 18.0 Å². The molecule has 2 N–H and O–H groups in total. The normalized spacial score (nSPS) is 17.5. The third-order valence-electron chi connectivity index (χ3n) is 4.49. The molecule has 0 amide bonds. The maximum Gasteiger partial charge on any atom is 0.126 e. The van der Waals surface area contributed by atoms with Crippen LogP contribution < -0.4 is 10.1 Å². The van der Waals surface area contributed by atoms with E-state index in [0.29, 0.717) is 0 Å². The number of ether oxygens (including phenoxy) is 1. The zero-order chi connectivity index (χ0) is 15.4. The first-order valence-electron chi connectivity index (χ1n) is 7.96. The van der Waals surface area contributed by atoms with Crippen LogP contribution in [0.25, 0.3) is 10.8 Å². The van der Waals surface area contributed by atoms with Gasteiger partial charge in [0.2, 0.25) is 0 Å². The molecule has 3 rings (SSSR count). The number of nitrogens with zero attached hydrogens (tertiary/aromatic N) is 1. The molecule has 0 spiro atoms. The van der Waals surface area contributed by atoms with E-state index in [0.717, 1.165) is 43.7 Å². The molecule has 2 aromatic rings. The van der Waals surface area contributed by atoms with E-state index >= 15 is 0 Å². The van der Waals surface area contributed by atoms with Gasteiger partial charge in [-0.25, -0.2) is 0 Å². The SMILES string of the molecule is COc1ccc([C@H](CCO)N2CCNCC2)c2ccccc12. The number of benzene rings is 2. The van der Waals surface area contributed by atoms with Gasteiger partial charge < -0.3 is 15.2 Å². The van der Waals surface area contributed by atoms with Gasteiger partial charge in [0, 0.05) is 44.2 Å². The van der Waals surface area contributed by atoms with Crippen LogP contribution in [0.5, 0.6) is 5.75 Å². The molecule has 1 aliphatic heterocycles. The lowest BCUT2D eigenvalue weighted by Crippen LogP contribution is -2.45. The van der Waals surface area contributed by atoms with E-state index < -0.39 is 0 Å². The zero-order valence-electron chi connectivity index (χ0n) is 13.1. The number of hydrogen-bond acceptors (Lipinski definition) is 4. The van der Waals surface area contributed by atoms with Crippen molar-refractivity contribution in [3.05, 3.63) is 42.0 Å². The van der Waals surface area contributed by atoms with Crippen LogP contribution in [-0.4, -0.2) is 49.9 Å². The summed E-state index contributed by atoms with van der Waals surface area (Å²) < 4.78 is 5.49. The van der Waals surface area contributed by atoms with E-state index in [-0.39, 0.29) is 12.6 Å². The Morgan fingerprint density at radius 3 is 2.55 bits per heavy atom. The largest absolute Gasteiger partial charge is 0.496 e. The minimum atomic E-state index is 0.203. The standard InChI is InChI=1S/C18H24N2O2/c1-22-18-7-6-15(14-4-2-3-5-16(14)18)17(8-13-21)20-11-9-19-10-12-20/h2-7,17,19,21H,8-13H2,1H3/t17-/m0/s1. The molecule has 2 aromatic carbocycles. The molecule has 0 unspecified atom stereocenters. The fourth-order valence-electron chi connectivity index (χ4n) is 3.41. The summed E-state index contributed by atoms with van der Waals surface area (Å²) in [5.74, 6) is 0.905. The summed E-state index contributed by atoms with van der Waals surface area (Å²) in [5, 5.41) is 15.3. The number of methoxy groups -OCH3 is 1. The third kappa shape index (κ3) is 2.95. The quantitative estimate of drug-likeness (QED) is 0.888. The van der Waals surface area contributed by atoms with Crippen molar-refractivity contribution in [2.24, 2.45) is 0 Å². The lowest BCUT2D eigenvalue weighted by atomic mass is 9.94. The van der Waals surface area contributed by atoms with Gasteiger partial charge >= 0.3 is 0 Å². The van der Waals surface area contributed by atoms with E-state index in [4.69, 9.17) is 4.74 Å². The average Bonchev–Trinajstić information content (AvgIpc) is 2.60. The van der Waals surface area contributed by atoms with Crippen molar-refractivity contribution in [1.82, 2.24) is 10.2 Å². The minimum absolute atomic E-state index is 0.203. The molecule has 4 nitrogen and oxygen atoms in total. The first kappa shape index (κ1) is 15.3. The highest BCUT2D eigenvalue weighted by Crippen LogP contribution is 2.35. The van der Waals surface area contributed by atoms with Crippen molar-refractivity contribution in [3.8, 4) is 5.75 Å². The van der Waals surface area contributed by atoms with Crippen LogP contribution in [0, 0.1) is 0 Å². The van der Waals surface area contributed by atoms with E-state index in [1.54, 1.807) is 7.11 Å². The molecule has 1 saturated heterocycles. The maximum absolute atomic E-state index is 9.53. The van der Waals surface area contributed by atoms with Crippen molar-refractivity contribution in [2.45, 2.75) is 12.5 Å². The number of rotatable bonds is 5. The molecule has 0 saturated carbocycles. The Balaban J connectivity index is 2.05. The van der Waals surface area contributed by atoms with Gasteiger partial charge in [-0.05, 0) is 23.4 Å². The summed E-state index contributed by atoms with van der Waals surface area (Å²) in [6.07, 6.45) is 0.760. The topological polar surface area (TPSA) is 44.7 Å². The van der Waals surface area contributed by atoms with Crippen LogP contribution in [0.2, 0.25) is 0 Å². The summed E-state index contributed by atoms with van der Waals surface area (Å²) in [6, 6.07) is 12.8. The minimum Gasteiger partial charge on any atom is -0.496 e. The highest BCUT2D eigenvalue weighted by atomic mass is 16.5. The van der Waals surface area contributed by atoms with Crippen LogP contribution in [0.3, 0.4) is 0 Å². The van der Waals surface area contributed by atoms with Crippen LogP contribution >= 0.6 is 0 Å². The Bertz CT molecular complexity index is 624. The summed E-state index contributed by atoms with van der Waals surface area (Å²) >= 11 is 0. The summed E-state index contributed by atoms with van der Waals surface area (Å²) in [7, 11) is 1.71. The number of piperazine rings is 1. The smallest absolute Gasteiger partial charge is 0.126 e. The zero-order valence-corrected chi connectivity index (χ0v) is 13.1. The van der Waals surface area contributed by atoms with Gasteiger partial charge in [-0.1, -0.05) is 30.3 Å². The summed E-state index contributed by atoms with van der Waals surface area (Å²) in [5.41, 5.74) is 1.28. The molecular weight excluding hydrogens is 276 g/mol. The fraction of sp³-hybridized carbons (Fsp3) is 0.444. The van der Waals surface area contributed by atoms with Gasteiger partial charge in [-0.3, -0.25) is 4.90 Å². The predicted molar refractivity (Wildman–Crippen MR) is 89.4 cm³/mol. The molecule has 1 atom stereocenters. The van der Waals surface area contributed by atoms with Crippen molar-refractivity contribution in [3.63, 3.8) is 0 Å². The van der Waals surface area contributed by atoms with E-state index in [9.17, 15) is 5.11 Å². The molecule has 0 bridgehead atoms. The van der Waals surface area contributed by atoms with Crippen molar-refractivity contribution in [2.75, 3.05) is 39.9 Å². The molecule has 0 aliphatic carbocycles. The lowest BCUT2D eigenvalue weighted by Gasteiger charge is -2.35. The third-order valence-corrected chi connectivity index (χ3v) is 4.49. The molecule has 1 fully saturated rings. The lowest BCUT2D eigenvalue weighted by molar-refractivity contribution is 0.142. The molecule has 22 heavy (non-hydrogen) atoms. The van der Waals surface area contributed by atoms with E-state index in [1.807, 2.05) is 12.1 Å². The number of fused-ring (bicyclic) bond motifs is 1. The van der Waals surface area contributed by atoms with Crippen LogP contribution in [0.15, 0.2) is 36.4 Å². The summed E-state index contributed by atoms with van der Waals surface area (Å²) in [4.78, 5) is 2.47. The molecule has 0 aromatic heterocycles. The fourth-order valence-corrected chi connectivity index (χ4v) is 3.41. The Labute approximate surface area is 131 Å². The Morgan fingerprint density at radius 2 is 1.86 bits per heavy atom. The molecular formula is C18H24N2O2. The predicted octanol–water partition coefficient (Wildman–Crippen LogP) is 2.18. The van der Waals surface area contributed by atoms with Gasteiger partial charge in [-0.2, -0.15) is 0 Å². The van der Waals surface area contributed by atoms with Gasteiger partial charge in [-0.15, -0.1) is 0 Å². The average molecular weight is 300 g/mol. The van der Waals surface area contributed by atoms with Crippen molar-refractivity contribution >= 4 is 10.8 Å².